The maximum Gasteiger partial charge on any atom is 0.150 e. The van der Waals surface area contributed by atoms with Gasteiger partial charge in [0, 0.05) is 61.3 Å². The molecule has 0 aliphatic heterocycles. The highest BCUT2D eigenvalue weighted by Crippen LogP contribution is 2.42. The highest BCUT2D eigenvalue weighted by molar-refractivity contribution is 7.26. The molecule has 5 aromatic carbocycles. The summed E-state index contributed by atoms with van der Waals surface area (Å²) in [6.07, 6.45) is 4.43. The van der Waals surface area contributed by atoms with Crippen molar-refractivity contribution in [2.75, 3.05) is 0 Å². The van der Waals surface area contributed by atoms with Crippen LogP contribution in [0.2, 0.25) is 0 Å². The number of thiophene rings is 1. The molecule has 0 spiro atoms. The van der Waals surface area contributed by atoms with Gasteiger partial charge in [0.05, 0.1) is 15.7 Å². The number of hydrogen-bond donors (Lipinski definition) is 0. The fraction of sp³-hybridized carbons (Fsp3) is 0.0256. The summed E-state index contributed by atoms with van der Waals surface area (Å²) in [4.78, 5) is 9.65. The summed E-state index contributed by atoms with van der Waals surface area (Å²) in [5.74, 6) is 0. The molecule has 0 aliphatic carbocycles. The Morgan fingerprint density at radius 3 is 2.27 bits per heavy atom. The summed E-state index contributed by atoms with van der Waals surface area (Å²) in [6.45, 7) is 0. The molecule has 5 aromatic heterocycles. The molecule has 1 atom stereocenters. The van der Waals surface area contributed by atoms with Gasteiger partial charge < -0.3 is 0 Å². The van der Waals surface area contributed by atoms with E-state index in [1.807, 2.05) is 67.0 Å². The van der Waals surface area contributed by atoms with Crippen molar-refractivity contribution in [3.05, 3.63) is 145 Å². The number of rotatable bonds is 3. The van der Waals surface area contributed by atoms with Gasteiger partial charge in [0.1, 0.15) is 11.3 Å². The second-order valence-electron chi connectivity index (χ2n) is 11.5. The van der Waals surface area contributed by atoms with Gasteiger partial charge in [0.15, 0.2) is 6.17 Å². The summed E-state index contributed by atoms with van der Waals surface area (Å²) in [5, 5.41) is 7.86. The van der Waals surface area contributed by atoms with Crippen LogP contribution in [0.15, 0.2) is 134 Å². The summed E-state index contributed by atoms with van der Waals surface area (Å²) < 4.78 is 23.2. The Labute approximate surface area is 260 Å². The highest BCUT2D eigenvalue weighted by Gasteiger charge is 2.21. The lowest BCUT2D eigenvalue weighted by molar-refractivity contribution is 0.402. The number of pyridine rings is 2. The van der Waals surface area contributed by atoms with Gasteiger partial charge in [-0.1, -0.05) is 78.9 Å². The summed E-state index contributed by atoms with van der Waals surface area (Å²) >= 11 is 1.77. The topological polar surface area (TPSA) is 35.1 Å². The largest absolute Gasteiger partial charge is 0.299 e. The number of fused-ring (bicyclic) bond motifs is 13. The molecule has 0 amide bonds. The number of para-hydroxylation sites is 2. The zero-order valence-electron chi connectivity index (χ0n) is 23.9. The Balaban J connectivity index is 1.16. The van der Waals surface area contributed by atoms with Crippen LogP contribution in [-0.2, 0) is 0 Å². The normalized spacial score (nSPS) is 12.9. The van der Waals surface area contributed by atoms with Gasteiger partial charge in [-0.15, -0.1) is 11.3 Å². The average Bonchev–Trinajstić information content (AvgIpc) is 3.82. The van der Waals surface area contributed by atoms with Crippen LogP contribution in [0.3, 0.4) is 0 Å². The van der Waals surface area contributed by atoms with E-state index in [0.29, 0.717) is 11.1 Å². The molecule has 10 rings (SSSR count). The second kappa shape index (κ2) is 9.21. The molecule has 0 N–H and O–H groups in total. The summed E-state index contributed by atoms with van der Waals surface area (Å²) in [7, 11) is 0. The second-order valence-corrected chi connectivity index (χ2v) is 12.6. The van der Waals surface area contributed by atoms with Gasteiger partial charge >= 0.3 is 0 Å². The molecule has 5 heterocycles. The monoisotopic (exact) mass is 598 g/mol. The molecule has 0 fully saturated rings. The van der Waals surface area contributed by atoms with Gasteiger partial charge in [-0.25, -0.2) is 14.4 Å². The molecule has 1 unspecified atom stereocenters. The Morgan fingerprint density at radius 1 is 0.578 bits per heavy atom. The van der Waals surface area contributed by atoms with Crippen molar-refractivity contribution in [1.82, 2.24) is 18.9 Å². The van der Waals surface area contributed by atoms with Crippen molar-refractivity contribution in [3.8, 4) is 5.69 Å². The molecule has 0 radical (unpaired) electrons. The molecule has 4 nitrogen and oxygen atoms in total. The Kier molecular flexibility index (Phi) is 5.08. The highest BCUT2D eigenvalue weighted by atomic mass is 32.1. The first kappa shape index (κ1) is 24.8. The first-order valence-electron chi connectivity index (χ1n) is 15.0. The minimum absolute atomic E-state index is 0.597. The third kappa shape index (κ3) is 3.45. The number of halogens is 1. The maximum atomic E-state index is 16.6. The molecule has 0 saturated carbocycles. The summed E-state index contributed by atoms with van der Waals surface area (Å²) in [6, 6.07) is 39.0. The number of imidazole rings is 1. The number of benzene rings is 5. The number of hydrogen-bond acceptors (Lipinski definition) is 3. The Morgan fingerprint density at radius 2 is 1.36 bits per heavy atom. The molecule has 45 heavy (non-hydrogen) atoms. The van der Waals surface area contributed by atoms with Crippen LogP contribution >= 0.6 is 11.3 Å². The minimum Gasteiger partial charge on any atom is -0.299 e. The molecular formula is C39H23FN4S. The van der Waals surface area contributed by atoms with Crippen molar-refractivity contribution in [2.24, 2.45) is 0 Å². The van der Waals surface area contributed by atoms with E-state index >= 15 is 4.39 Å². The van der Waals surface area contributed by atoms with Crippen LogP contribution in [0, 0.1) is 0 Å². The molecule has 0 aliphatic rings. The molecule has 0 saturated heterocycles. The third-order valence-electron chi connectivity index (χ3n) is 9.12. The lowest BCUT2D eigenvalue weighted by Crippen LogP contribution is -2.00. The average molecular weight is 599 g/mol. The molecule has 10 aromatic rings. The van der Waals surface area contributed by atoms with Crippen LogP contribution in [0.4, 0.5) is 4.39 Å². The van der Waals surface area contributed by atoms with E-state index < -0.39 is 6.17 Å². The van der Waals surface area contributed by atoms with E-state index in [2.05, 4.69) is 74.6 Å². The molecular weight excluding hydrogens is 576 g/mol. The quantitative estimate of drug-likeness (QED) is 0.190. The lowest BCUT2D eigenvalue weighted by atomic mass is 9.98. The zero-order chi connectivity index (χ0) is 29.6. The number of nitrogens with zero attached hydrogens (tertiary/aromatic N) is 4. The van der Waals surface area contributed by atoms with Crippen LogP contribution < -0.4 is 0 Å². The van der Waals surface area contributed by atoms with Crippen molar-refractivity contribution >= 4 is 80.8 Å². The summed E-state index contributed by atoms with van der Waals surface area (Å²) in [5.41, 5.74) is 5.92. The zero-order valence-corrected chi connectivity index (χ0v) is 24.7. The van der Waals surface area contributed by atoms with Crippen LogP contribution in [0.5, 0.6) is 0 Å². The van der Waals surface area contributed by atoms with Crippen molar-refractivity contribution in [2.45, 2.75) is 6.17 Å². The van der Waals surface area contributed by atoms with Gasteiger partial charge in [-0.05, 0) is 52.9 Å². The minimum atomic E-state index is -1.32. The van der Waals surface area contributed by atoms with Crippen molar-refractivity contribution in [3.63, 3.8) is 0 Å². The predicted molar refractivity (Wildman–Crippen MR) is 185 cm³/mol. The standard InChI is InChI=1S/C39H23FN4S/c40-37(24-16-17-26-27-10-1-4-13-31(27)43-19-18-41-38(43)30(26)21-24)23-8-7-9-25(20-23)44-32-14-5-2-11-28(32)36-35-29-12-3-6-15-33(29)45-34(35)22-42-39(36)44/h1-22,37H. The van der Waals surface area contributed by atoms with E-state index in [-0.39, 0.29) is 0 Å². The van der Waals surface area contributed by atoms with Gasteiger partial charge in [-0.3, -0.25) is 8.97 Å². The van der Waals surface area contributed by atoms with E-state index in [9.17, 15) is 0 Å². The van der Waals surface area contributed by atoms with Crippen LogP contribution in [0.1, 0.15) is 17.3 Å². The van der Waals surface area contributed by atoms with Gasteiger partial charge in [-0.2, -0.15) is 0 Å². The Bertz CT molecular complexity index is 2810. The van der Waals surface area contributed by atoms with Crippen LogP contribution in [0.25, 0.3) is 75.1 Å². The van der Waals surface area contributed by atoms with E-state index in [1.54, 1.807) is 17.5 Å². The predicted octanol–water partition coefficient (Wildman–Crippen LogP) is 10.6. The third-order valence-corrected chi connectivity index (χ3v) is 10.2. The van der Waals surface area contributed by atoms with E-state index in [1.165, 1.54) is 20.2 Å². The van der Waals surface area contributed by atoms with Crippen molar-refractivity contribution < 1.29 is 4.39 Å². The number of aromatic nitrogens is 4. The van der Waals surface area contributed by atoms with Gasteiger partial charge in [0.25, 0.3) is 0 Å². The first-order chi connectivity index (χ1) is 22.2. The molecule has 212 valence electrons. The van der Waals surface area contributed by atoms with Crippen molar-refractivity contribution in [1.29, 1.82) is 0 Å². The fourth-order valence-corrected chi connectivity index (χ4v) is 8.23. The van der Waals surface area contributed by atoms with E-state index in [4.69, 9.17) is 4.98 Å². The van der Waals surface area contributed by atoms with E-state index in [0.717, 1.165) is 54.9 Å². The smallest absolute Gasteiger partial charge is 0.150 e. The lowest BCUT2D eigenvalue weighted by Gasteiger charge is -2.14. The molecule has 0 bridgehead atoms. The maximum absolute atomic E-state index is 16.6. The molecule has 6 heteroatoms. The fourth-order valence-electron chi connectivity index (χ4n) is 7.15. The van der Waals surface area contributed by atoms with Gasteiger partial charge in [0.2, 0.25) is 0 Å². The SMILES string of the molecule is FC(c1cccc(-n2c3ccccc3c3c4c(cnc32)sc2ccccc24)c1)c1ccc2c3ccccc3n3ccnc3c2c1. The Hall–Kier alpha value is -5.59. The first-order valence-corrected chi connectivity index (χ1v) is 15.8. The van der Waals surface area contributed by atoms with Crippen LogP contribution in [-0.4, -0.2) is 18.9 Å². The number of alkyl halides is 1.